The average Bonchev–Trinajstić information content (AvgIpc) is 2.40. The number of hydrogen-bond acceptors (Lipinski definition) is 2. The minimum atomic E-state index is -0.146. The Bertz CT molecular complexity index is 299. The predicted octanol–water partition coefficient (Wildman–Crippen LogP) is 5.45. The van der Waals surface area contributed by atoms with Crippen molar-refractivity contribution in [2.75, 3.05) is 19.6 Å². The first-order chi connectivity index (χ1) is 10.4. The smallest absolute Gasteiger partial charge is 0.138 e. The van der Waals surface area contributed by atoms with E-state index in [1.165, 1.54) is 71.0 Å². The van der Waals surface area contributed by atoms with E-state index in [0.29, 0.717) is 5.78 Å². The minimum absolute atomic E-state index is 0.146. The Morgan fingerprint density at radius 2 is 1.50 bits per heavy atom. The Hall–Kier alpha value is -0.370. The van der Waals surface area contributed by atoms with Crippen LogP contribution in [-0.2, 0) is 4.79 Å². The van der Waals surface area contributed by atoms with Crippen molar-refractivity contribution in [1.29, 1.82) is 0 Å². The van der Waals surface area contributed by atoms with Crippen molar-refractivity contribution in [2.45, 2.75) is 91.9 Å². The number of nitrogens with zero attached hydrogens (tertiary/aromatic N) is 1. The highest BCUT2D eigenvalue weighted by atomic mass is 16.1. The lowest BCUT2D eigenvalue weighted by Crippen LogP contribution is -2.46. The lowest BCUT2D eigenvalue weighted by atomic mass is 9.88. The summed E-state index contributed by atoms with van der Waals surface area (Å²) in [7, 11) is 0. The molecule has 1 heterocycles. The second-order valence-electron chi connectivity index (χ2n) is 8.31. The summed E-state index contributed by atoms with van der Waals surface area (Å²) in [5.41, 5.74) is -0.146. The number of carbonyl (C=O) groups excluding carboxylic acids is 1. The minimum Gasteiger partial charge on any atom is -0.303 e. The van der Waals surface area contributed by atoms with Crippen LogP contribution >= 0.6 is 0 Å². The summed E-state index contributed by atoms with van der Waals surface area (Å²) >= 11 is 0. The largest absolute Gasteiger partial charge is 0.303 e. The number of likely N-dealkylation sites (tertiary alicyclic amines) is 1. The molecule has 1 rings (SSSR count). The molecule has 0 aromatic heterocycles. The molecule has 0 N–H and O–H groups in total. The summed E-state index contributed by atoms with van der Waals surface area (Å²) in [6, 6.07) is 0. The van der Waals surface area contributed by atoms with Crippen LogP contribution < -0.4 is 0 Å². The van der Waals surface area contributed by atoms with Gasteiger partial charge in [-0.25, -0.2) is 0 Å². The Morgan fingerprint density at radius 1 is 0.955 bits per heavy atom. The molecule has 0 aliphatic carbocycles. The lowest BCUT2D eigenvalue weighted by molar-refractivity contribution is -0.126. The monoisotopic (exact) mass is 309 g/mol. The van der Waals surface area contributed by atoms with Crippen LogP contribution in [0.25, 0.3) is 0 Å². The van der Waals surface area contributed by atoms with Crippen molar-refractivity contribution in [2.24, 2.45) is 11.3 Å². The second-order valence-corrected chi connectivity index (χ2v) is 8.31. The van der Waals surface area contributed by atoms with Crippen molar-refractivity contribution in [3.8, 4) is 0 Å². The van der Waals surface area contributed by atoms with Gasteiger partial charge in [0.2, 0.25) is 0 Å². The van der Waals surface area contributed by atoms with E-state index in [1.54, 1.807) is 0 Å². The van der Waals surface area contributed by atoms with E-state index in [0.717, 1.165) is 18.8 Å². The zero-order valence-corrected chi connectivity index (χ0v) is 15.6. The van der Waals surface area contributed by atoms with Crippen molar-refractivity contribution in [3.05, 3.63) is 0 Å². The second kappa shape index (κ2) is 10.4. The predicted molar refractivity (Wildman–Crippen MR) is 96.2 cm³/mol. The molecule has 0 atom stereocenters. The Labute approximate surface area is 139 Å². The standard InChI is InChI=1S/C20H39NO/c1-5-13-18-16-21(17-18)15-12-10-8-6-7-9-11-14-19(22)20(2,3)4/h18H,5-17H2,1-4H3. The zero-order valence-electron chi connectivity index (χ0n) is 15.6. The molecule has 0 saturated carbocycles. The van der Waals surface area contributed by atoms with E-state index in [2.05, 4.69) is 11.8 Å². The number of rotatable bonds is 12. The van der Waals surface area contributed by atoms with E-state index in [4.69, 9.17) is 0 Å². The van der Waals surface area contributed by atoms with Crippen LogP contribution in [0.2, 0.25) is 0 Å². The first kappa shape index (κ1) is 19.7. The maximum Gasteiger partial charge on any atom is 0.138 e. The summed E-state index contributed by atoms with van der Waals surface area (Å²) in [5.74, 6) is 1.42. The zero-order chi connectivity index (χ0) is 16.4. The molecule has 22 heavy (non-hydrogen) atoms. The quantitative estimate of drug-likeness (QED) is 0.446. The van der Waals surface area contributed by atoms with Crippen molar-refractivity contribution in [1.82, 2.24) is 4.90 Å². The van der Waals surface area contributed by atoms with Gasteiger partial charge in [-0.2, -0.15) is 0 Å². The van der Waals surface area contributed by atoms with Gasteiger partial charge in [-0.15, -0.1) is 0 Å². The third-order valence-corrected chi connectivity index (χ3v) is 4.94. The molecule has 1 aliphatic heterocycles. The van der Waals surface area contributed by atoms with Gasteiger partial charge in [0, 0.05) is 24.9 Å². The van der Waals surface area contributed by atoms with Crippen LogP contribution in [0.3, 0.4) is 0 Å². The fourth-order valence-corrected chi connectivity index (χ4v) is 3.33. The van der Waals surface area contributed by atoms with Crippen LogP contribution in [0.4, 0.5) is 0 Å². The maximum atomic E-state index is 11.8. The Morgan fingerprint density at radius 3 is 2.05 bits per heavy atom. The summed E-state index contributed by atoms with van der Waals surface area (Å²) < 4.78 is 0. The summed E-state index contributed by atoms with van der Waals surface area (Å²) in [6.07, 6.45) is 12.7. The molecule has 0 aromatic rings. The fourth-order valence-electron chi connectivity index (χ4n) is 3.33. The van der Waals surface area contributed by atoms with Crippen LogP contribution in [0, 0.1) is 11.3 Å². The normalized spacial score (nSPS) is 16.7. The molecule has 0 bridgehead atoms. The van der Waals surface area contributed by atoms with Crippen LogP contribution in [0.1, 0.15) is 91.9 Å². The lowest BCUT2D eigenvalue weighted by Gasteiger charge is -2.39. The molecular formula is C20H39NO. The summed E-state index contributed by atoms with van der Waals surface area (Å²) in [5, 5.41) is 0. The summed E-state index contributed by atoms with van der Waals surface area (Å²) in [6.45, 7) is 12.4. The number of ketones is 1. The highest BCUT2D eigenvalue weighted by Crippen LogP contribution is 2.21. The molecule has 0 spiro atoms. The van der Waals surface area contributed by atoms with Crippen molar-refractivity contribution in [3.63, 3.8) is 0 Å². The van der Waals surface area contributed by atoms with Gasteiger partial charge in [-0.3, -0.25) is 4.79 Å². The molecule has 2 nitrogen and oxygen atoms in total. The molecule has 1 aliphatic rings. The van der Waals surface area contributed by atoms with Gasteiger partial charge in [0.1, 0.15) is 5.78 Å². The van der Waals surface area contributed by atoms with Gasteiger partial charge < -0.3 is 4.90 Å². The van der Waals surface area contributed by atoms with Gasteiger partial charge >= 0.3 is 0 Å². The molecule has 1 saturated heterocycles. The average molecular weight is 310 g/mol. The molecule has 0 aromatic carbocycles. The Balaban J connectivity index is 1.80. The van der Waals surface area contributed by atoms with E-state index < -0.39 is 0 Å². The molecule has 2 heteroatoms. The molecule has 0 radical (unpaired) electrons. The highest BCUT2D eigenvalue weighted by Gasteiger charge is 2.24. The highest BCUT2D eigenvalue weighted by molar-refractivity contribution is 5.83. The van der Waals surface area contributed by atoms with Crippen LogP contribution in [0.15, 0.2) is 0 Å². The molecular weight excluding hydrogens is 270 g/mol. The topological polar surface area (TPSA) is 20.3 Å². The molecule has 0 amide bonds. The van der Waals surface area contributed by atoms with E-state index >= 15 is 0 Å². The summed E-state index contributed by atoms with van der Waals surface area (Å²) in [4.78, 5) is 14.4. The molecule has 130 valence electrons. The van der Waals surface area contributed by atoms with E-state index in [-0.39, 0.29) is 5.41 Å². The van der Waals surface area contributed by atoms with Gasteiger partial charge in [-0.05, 0) is 31.7 Å². The maximum absolute atomic E-state index is 11.8. The molecule has 1 fully saturated rings. The van der Waals surface area contributed by atoms with Gasteiger partial charge in [0.25, 0.3) is 0 Å². The van der Waals surface area contributed by atoms with Gasteiger partial charge in [0.15, 0.2) is 0 Å². The fraction of sp³-hybridized carbons (Fsp3) is 0.950. The van der Waals surface area contributed by atoms with Crippen molar-refractivity contribution < 1.29 is 4.79 Å². The SMILES string of the molecule is CCCC1CN(CCCCCCCCCC(=O)C(C)(C)C)C1. The van der Waals surface area contributed by atoms with E-state index in [1.807, 2.05) is 20.8 Å². The van der Waals surface area contributed by atoms with Crippen molar-refractivity contribution >= 4 is 5.78 Å². The van der Waals surface area contributed by atoms with Crippen LogP contribution in [-0.4, -0.2) is 30.3 Å². The number of hydrogen-bond donors (Lipinski definition) is 0. The first-order valence-electron chi connectivity index (χ1n) is 9.69. The first-order valence-corrected chi connectivity index (χ1v) is 9.69. The Kier molecular flexibility index (Phi) is 9.31. The number of carbonyl (C=O) groups is 1. The number of unbranched alkanes of at least 4 members (excludes halogenated alkanes) is 6. The third-order valence-electron chi connectivity index (χ3n) is 4.94. The van der Waals surface area contributed by atoms with Gasteiger partial charge in [0.05, 0.1) is 0 Å². The van der Waals surface area contributed by atoms with E-state index in [9.17, 15) is 4.79 Å². The van der Waals surface area contributed by atoms with Gasteiger partial charge in [-0.1, -0.05) is 66.2 Å². The molecule has 0 unspecified atom stereocenters. The van der Waals surface area contributed by atoms with Crippen LogP contribution in [0.5, 0.6) is 0 Å². The number of Topliss-reactive ketones (excluding diaryl/α,β-unsaturated/α-hetero) is 1. The third kappa shape index (κ3) is 8.31.